The van der Waals surface area contributed by atoms with Crippen molar-refractivity contribution in [2.24, 2.45) is 0 Å². The third-order valence-electron chi connectivity index (χ3n) is 5.60. The number of aliphatic hydroxyl groups excluding tert-OH is 2. The smallest absolute Gasteiger partial charge is 0.115 e. The molecule has 1 saturated heterocycles. The standard InChI is InChI=1S/C23H27NO4/c1-2-15-5-8-22-20(9-15)21(23-11-18(27)10-19(14-25)28-23)13-24(22)12-16-3-6-17(26)7-4-16/h3-9,13,18-19,23,25-27H,2,10-12,14H2,1H3/t18-,19-,23+/m0/s1. The molecule has 0 amide bonds. The summed E-state index contributed by atoms with van der Waals surface area (Å²) in [5.41, 5.74) is 4.52. The van der Waals surface area contributed by atoms with Gasteiger partial charge in [-0.25, -0.2) is 0 Å². The lowest BCUT2D eigenvalue weighted by Crippen LogP contribution is -2.33. The van der Waals surface area contributed by atoms with Gasteiger partial charge in [0, 0.05) is 42.0 Å². The van der Waals surface area contributed by atoms with Crippen LogP contribution in [0.5, 0.6) is 5.75 Å². The molecule has 1 aromatic heterocycles. The van der Waals surface area contributed by atoms with Crippen molar-refractivity contribution in [2.75, 3.05) is 6.61 Å². The predicted octanol–water partition coefficient (Wildman–Crippen LogP) is 3.53. The van der Waals surface area contributed by atoms with Crippen LogP contribution in [0.4, 0.5) is 0 Å². The normalized spacial score (nSPS) is 22.6. The Labute approximate surface area is 164 Å². The minimum Gasteiger partial charge on any atom is -0.508 e. The number of phenolic OH excluding ortho intramolecular Hbond substituents is 1. The van der Waals surface area contributed by atoms with Crippen molar-refractivity contribution < 1.29 is 20.1 Å². The number of benzene rings is 2. The van der Waals surface area contributed by atoms with Gasteiger partial charge in [0.2, 0.25) is 0 Å². The first-order chi connectivity index (χ1) is 13.6. The van der Waals surface area contributed by atoms with Crippen molar-refractivity contribution in [1.29, 1.82) is 0 Å². The molecule has 1 fully saturated rings. The molecule has 0 spiro atoms. The molecule has 0 radical (unpaired) electrons. The first kappa shape index (κ1) is 19.0. The SMILES string of the molecule is CCc1ccc2c(c1)c([C@H]1C[C@@H](O)C[C@@H](CO)O1)cn2Cc1ccc(O)cc1. The number of aryl methyl sites for hydroxylation is 1. The molecule has 148 valence electrons. The highest BCUT2D eigenvalue weighted by Gasteiger charge is 2.31. The Balaban J connectivity index is 1.75. The summed E-state index contributed by atoms with van der Waals surface area (Å²) < 4.78 is 8.29. The van der Waals surface area contributed by atoms with Crippen molar-refractivity contribution >= 4 is 10.9 Å². The Morgan fingerprint density at radius 1 is 1.07 bits per heavy atom. The van der Waals surface area contributed by atoms with Crippen LogP contribution in [0.1, 0.15) is 42.6 Å². The number of aliphatic hydroxyl groups is 2. The Bertz CT molecular complexity index is 947. The van der Waals surface area contributed by atoms with E-state index < -0.39 is 6.10 Å². The molecular formula is C23H27NO4. The van der Waals surface area contributed by atoms with Crippen molar-refractivity contribution in [3.05, 3.63) is 65.4 Å². The summed E-state index contributed by atoms with van der Waals surface area (Å²) in [5, 5.41) is 30.5. The Morgan fingerprint density at radius 2 is 1.82 bits per heavy atom. The van der Waals surface area contributed by atoms with Crippen LogP contribution >= 0.6 is 0 Å². The molecule has 0 aliphatic carbocycles. The highest BCUT2D eigenvalue weighted by molar-refractivity contribution is 5.85. The lowest BCUT2D eigenvalue weighted by Gasteiger charge is -2.32. The van der Waals surface area contributed by atoms with Gasteiger partial charge < -0.3 is 24.6 Å². The van der Waals surface area contributed by atoms with Gasteiger partial charge in [-0.05, 0) is 41.8 Å². The summed E-state index contributed by atoms with van der Waals surface area (Å²) in [6, 6.07) is 13.7. The molecule has 5 nitrogen and oxygen atoms in total. The number of nitrogens with zero attached hydrogens (tertiary/aromatic N) is 1. The van der Waals surface area contributed by atoms with Gasteiger partial charge in [0.1, 0.15) is 5.75 Å². The number of phenols is 1. The third-order valence-corrected chi connectivity index (χ3v) is 5.60. The van der Waals surface area contributed by atoms with E-state index >= 15 is 0 Å². The van der Waals surface area contributed by atoms with Crippen molar-refractivity contribution in [2.45, 2.75) is 51.0 Å². The summed E-state index contributed by atoms with van der Waals surface area (Å²) in [6.07, 6.45) is 3.01. The predicted molar refractivity (Wildman–Crippen MR) is 108 cm³/mol. The monoisotopic (exact) mass is 381 g/mol. The van der Waals surface area contributed by atoms with E-state index in [1.165, 1.54) is 5.56 Å². The fourth-order valence-corrected chi connectivity index (χ4v) is 4.09. The fraction of sp³-hybridized carbons (Fsp3) is 0.391. The maximum atomic E-state index is 10.3. The molecule has 1 aliphatic heterocycles. The molecule has 0 bridgehead atoms. The number of aromatic hydroxyl groups is 1. The van der Waals surface area contributed by atoms with Gasteiger partial charge in [0.25, 0.3) is 0 Å². The largest absolute Gasteiger partial charge is 0.508 e. The van der Waals surface area contributed by atoms with Gasteiger partial charge in [0.05, 0.1) is 24.9 Å². The second kappa shape index (κ2) is 7.95. The fourth-order valence-electron chi connectivity index (χ4n) is 4.09. The number of hydrogen-bond donors (Lipinski definition) is 3. The Kier molecular flexibility index (Phi) is 5.40. The zero-order chi connectivity index (χ0) is 19.7. The second-order valence-electron chi connectivity index (χ2n) is 7.64. The van der Waals surface area contributed by atoms with E-state index in [1.54, 1.807) is 12.1 Å². The molecule has 5 heteroatoms. The van der Waals surface area contributed by atoms with E-state index in [0.29, 0.717) is 19.4 Å². The quantitative estimate of drug-likeness (QED) is 0.632. The maximum absolute atomic E-state index is 10.3. The van der Waals surface area contributed by atoms with Gasteiger partial charge in [-0.2, -0.15) is 0 Å². The van der Waals surface area contributed by atoms with Gasteiger partial charge in [-0.15, -0.1) is 0 Å². The lowest BCUT2D eigenvalue weighted by atomic mass is 9.95. The second-order valence-corrected chi connectivity index (χ2v) is 7.64. The van der Waals surface area contributed by atoms with E-state index in [1.807, 2.05) is 12.1 Å². The molecule has 3 aromatic rings. The molecule has 4 rings (SSSR count). The molecule has 0 saturated carbocycles. The van der Waals surface area contributed by atoms with Crippen molar-refractivity contribution in [3.8, 4) is 5.75 Å². The maximum Gasteiger partial charge on any atom is 0.115 e. The molecule has 3 atom stereocenters. The van der Waals surface area contributed by atoms with Crippen LogP contribution in [-0.2, 0) is 17.7 Å². The molecule has 3 N–H and O–H groups in total. The Morgan fingerprint density at radius 3 is 2.54 bits per heavy atom. The van der Waals surface area contributed by atoms with Crippen molar-refractivity contribution in [3.63, 3.8) is 0 Å². The van der Waals surface area contributed by atoms with Crippen LogP contribution in [0, 0.1) is 0 Å². The molecule has 0 unspecified atom stereocenters. The Hall–Kier alpha value is -2.34. The average molecular weight is 381 g/mol. The highest BCUT2D eigenvalue weighted by atomic mass is 16.5. The first-order valence-electron chi connectivity index (χ1n) is 9.91. The summed E-state index contributed by atoms with van der Waals surface area (Å²) in [7, 11) is 0. The topological polar surface area (TPSA) is 74.8 Å². The number of hydrogen-bond acceptors (Lipinski definition) is 4. The highest BCUT2D eigenvalue weighted by Crippen LogP contribution is 2.37. The molecule has 28 heavy (non-hydrogen) atoms. The van der Waals surface area contributed by atoms with Crippen LogP contribution in [0.3, 0.4) is 0 Å². The minimum absolute atomic E-state index is 0.0834. The van der Waals surface area contributed by atoms with Gasteiger partial charge >= 0.3 is 0 Å². The zero-order valence-corrected chi connectivity index (χ0v) is 16.1. The summed E-state index contributed by atoms with van der Waals surface area (Å²) in [6.45, 7) is 2.73. The van der Waals surface area contributed by atoms with E-state index in [2.05, 4.69) is 35.9 Å². The van der Waals surface area contributed by atoms with Crippen LogP contribution in [-0.4, -0.2) is 38.7 Å². The van der Waals surface area contributed by atoms with Gasteiger partial charge in [-0.3, -0.25) is 0 Å². The van der Waals surface area contributed by atoms with E-state index in [9.17, 15) is 15.3 Å². The van der Waals surface area contributed by atoms with Crippen LogP contribution in [0.2, 0.25) is 0 Å². The first-order valence-corrected chi connectivity index (χ1v) is 9.91. The minimum atomic E-state index is -0.472. The van der Waals surface area contributed by atoms with Gasteiger partial charge in [0.15, 0.2) is 0 Å². The number of aromatic nitrogens is 1. The van der Waals surface area contributed by atoms with Crippen LogP contribution in [0.25, 0.3) is 10.9 Å². The number of fused-ring (bicyclic) bond motifs is 1. The van der Waals surface area contributed by atoms with Crippen molar-refractivity contribution in [1.82, 2.24) is 4.57 Å². The average Bonchev–Trinajstić information content (AvgIpc) is 3.06. The summed E-state index contributed by atoms with van der Waals surface area (Å²) in [5.74, 6) is 0.258. The molecule has 2 heterocycles. The third kappa shape index (κ3) is 3.78. The number of ether oxygens (including phenoxy) is 1. The van der Waals surface area contributed by atoms with E-state index in [0.717, 1.165) is 28.5 Å². The van der Waals surface area contributed by atoms with E-state index in [4.69, 9.17) is 4.74 Å². The number of rotatable bonds is 5. The van der Waals surface area contributed by atoms with Crippen LogP contribution in [0.15, 0.2) is 48.7 Å². The lowest BCUT2D eigenvalue weighted by molar-refractivity contribution is -0.113. The van der Waals surface area contributed by atoms with E-state index in [-0.39, 0.29) is 24.6 Å². The van der Waals surface area contributed by atoms with Crippen LogP contribution < -0.4 is 0 Å². The molecule has 2 aromatic carbocycles. The molecule has 1 aliphatic rings. The zero-order valence-electron chi connectivity index (χ0n) is 16.1. The van der Waals surface area contributed by atoms with Gasteiger partial charge in [-0.1, -0.05) is 25.1 Å². The molecular weight excluding hydrogens is 354 g/mol. The summed E-state index contributed by atoms with van der Waals surface area (Å²) >= 11 is 0. The summed E-state index contributed by atoms with van der Waals surface area (Å²) in [4.78, 5) is 0.